The molecule has 0 aliphatic rings. The third kappa shape index (κ3) is 4.78. The molecule has 0 aliphatic carbocycles. The van der Waals surface area contributed by atoms with E-state index in [4.69, 9.17) is 9.47 Å². The van der Waals surface area contributed by atoms with Crippen molar-refractivity contribution in [2.24, 2.45) is 0 Å². The van der Waals surface area contributed by atoms with Gasteiger partial charge in [-0.3, -0.25) is 4.79 Å². The van der Waals surface area contributed by atoms with Crippen LogP contribution in [0.5, 0.6) is 11.5 Å². The maximum absolute atomic E-state index is 12.0. The van der Waals surface area contributed by atoms with Gasteiger partial charge in [-0.2, -0.15) is 0 Å². The Labute approximate surface area is 166 Å². The first-order chi connectivity index (χ1) is 13.1. The molecule has 0 fully saturated rings. The lowest BCUT2D eigenvalue weighted by Gasteiger charge is -2.14. The minimum absolute atomic E-state index is 0.105. The number of benzene rings is 3. The van der Waals surface area contributed by atoms with Crippen LogP contribution < -0.4 is 14.8 Å². The average Bonchev–Trinajstić information content (AvgIpc) is 2.71. The number of amides is 1. The van der Waals surface area contributed by atoms with Crippen LogP contribution in [-0.4, -0.2) is 31.3 Å². The summed E-state index contributed by atoms with van der Waals surface area (Å²) in [7, 11) is 1.58. The van der Waals surface area contributed by atoms with E-state index in [0.29, 0.717) is 17.1 Å². The highest BCUT2D eigenvalue weighted by atomic mass is 79.9. The first-order valence-corrected chi connectivity index (χ1v) is 9.26. The second-order valence-electron chi connectivity index (χ2n) is 5.98. The summed E-state index contributed by atoms with van der Waals surface area (Å²) in [6, 6.07) is 18.7. The number of ether oxygens (including phenoxy) is 2. The zero-order valence-corrected chi connectivity index (χ0v) is 16.4. The maximum Gasteiger partial charge on any atom is 0.258 e. The van der Waals surface area contributed by atoms with Crippen LogP contribution in [0.15, 0.2) is 65.1 Å². The van der Waals surface area contributed by atoms with Gasteiger partial charge in [0.15, 0.2) is 6.61 Å². The van der Waals surface area contributed by atoms with Crippen molar-refractivity contribution in [3.63, 3.8) is 0 Å². The van der Waals surface area contributed by atoms with E-state index in [0.717, 1.165) is 15.2 Å². The van der Waals surface area contributed by atoms with E-state index in [9.17, 15) is 9.90 Å². The second kappa shape index (κ2) is 8.88. The molecule has 0 spiro atoms. The van der Waals surface area contributed by atoms with Crippen LogP contribution in [0.2, 0.25) is 0 Å². The number of rotatable bonds is 7. The molecule has 0 radical (unpaired) electrons. The van der Waals surface area contributed by atoms with Gasteiger partial charge >= 0.3 is 0 Å². The smallest absolute Gasteiger partial charge is 0.258 e. The molecule has 0 aliphatic heterocycles. The zero-order valence-electron chi connectivity index (χ0n) is 14.8. The number of nitrogens with one attached hydrogen (secondary N) is 1. The summed E-state index contributed by atoms with van der Waals surface area (Å²) in [5.41, 5.74) is 0.703. The Morgan fingerprint density at radius 3 is 2.59 bits per heavy atom. The van der Waals surface area contributed by atoms with Crippen molar-refractivity contribution in [1.82, 2.24) is 5.32 Å². The number of carbonyl (C=O) groups is 1. The van der Waals surface area contributed by atoms with Crippen molar-refractivity contribution in [2.75, 3.05) is 20.3 Å². The van der Waals surface area contributed by atoms with Crippen molar-refractivity contribution in [1.29, 1.82) is 0 Å². The quantitative estimate of drug-likeness (QED) is 0.598. The zero-order chi connectivity index (χ0) is 19.2. The summed E-state index contributed by atoms with van der Waals surface area (Å²) in [6.07, 6.45) is -0.799. The fourth-order valence-electron chi connectivity index (χ4n) is 2.67. The summed E-state index contributed by atoms with van der Waals surface area (Å²) in [5.74, 6) is 1.01. The highest BCUT2D eigenvalue weighted by Crippen LogP contribution is 2.32. The molecule has 0 saturated carbocycles. The molecule has 2 N–H and O–H groups in total. The van der Waals surface area contributed by atoms with E-state index in [1.165, 1.54) is 0 Å². The molecule has 140 valence electrons. The first-order valence-electron chi connectivity index (χ1n) is 8.47. The minimum Gasteiger partial charge on any atom is -0.497 e. The molecule has 3 aromatic rings. The van der Waals surface area contributed by atoms with Crippen LogP contribution in [-0.2, 0) is 4.79 Å². The van der Waals surface area contributed by atoms with Crippen LogP contribution >= 0.6 is 15.9 Å². The van der Waals surface area contributed by atoms with E-state index < -0.39 is 6.10 Å². The predicted octanol–water partition coefficient (Wildman–Crippen LogP) is 3.84. The summed E-state index contributed by atoms with van der Waals surface area (Å²) in [4.78, 5) is 12.0. The van der Waals surface area contributed by atoms with E-state index in [1.54, 1.807) is 31.4 Å². The average molecular weight is 430 g/mol. The monoisotopic (exact) mass is 429 g/mol. The first kappa shape index (κ1) is 19.2. The number of aliphatic hydroxyl groups is 1. The molecule has 0 aromatic heterocycles. The van der Waals surface area contributed by atoms with Crippen molar-refractivity contribution in [3.8, 4) is 11.5 Å². The molecule has 5 nitrogen and oxygen atoms in total. The van der Waals surface area contributed by atoms with Crippen LogP contribution in [0.25, 0.3) is 10.8 Å². The standard InChI is InChI=1S/C21H20BrNO4/c1-26-16-9-6-15(7-10-16)18(24)12-23-20(25)13-27-19-11-8-14-4-2-3-5-17(14)21(19)22/h2-11,18,24H,12-13H2,1H3,(H,23,25). The molecular formula is C21H20BrNO4. The lowest BCUT2D eigenvalue weighted by molar-refractivity contribution is -0.123. The molecule has 1 amide bonds. The Balaban J connectivity index is 1.53. The van der Waals surface area contributed by atoms with E-state index in [2.05, 4.69) is 21.2 Å². The highest BCUT2D eigenvalue weighted by molar-refractivity contribution is 9.10. The number of carbonyl (C=O) groups excluding carboxylic acids is 1. The van der Waals surface area contributed by atoms with Crippen molar-refractivity contribution in [2.45, 2.75) is 6.10 Å². The minimum atomic E-state index is -0.799. The normalized spacial score (nSPS) is 11.8. The van der Waals surface area contributed by atoms with Gasteiger partial charge in [-0.25, -0.2) is 0 Å². The van der Waals surface area contributed by atoms with Crippen molar-refractivity contribution < 1.29 is 19.4 Å². The number of hydrogen-bond acceptors (Lipinski definition) is 4. The van der Waals surface area contributed by atoms with Gasteiger partial charge in [-0.15, -0.1) is 0 Å². The number of hydrogen-bond donors (Lipinski definition) is 2. The largest absolute Gasteiger partial charge is 0.497 e. The van der Waals surface area contributed by atoms with Crippen molar-refractivity contribution in [3.05, 3.63) is 70.7 Å². The summed E-state index contributed by atoms with van der Waals surface area (Å²) >= 11 is 3.53. The number of aliphatic hydroxyl groups excluding tert-OH is 1. The molecule has 0 heterocycles. The van der Waals surface area contributed by atoms with Gasteiger partial charge in [0.2, 0.25) is 0 Å². The van der Waals surface area contributed by atoms with Crippen molar-refractivity contribution >= 4 is 32.6 Å². The summed E-state index contributed by atoms with van der Waals surface area (Å²) in [6.45, 7) is -0.0281. The third-order valence-electron chi connectivity index (χ3n) is 4.18. The van der Waals surface area contributed by atoms with Gasteiger partial charge in [0.05, 0.1) is 17.7 Å². The van der Waals surface area contributed by atoms with Crippen LogP contribution in [0, 0.1) is 0 Å². The molecule has 27 heavy (non-hydrogen) atoms. The van der Waals surface area contributed by atoms with Gasteiger partial charge in [0.1, 0.15) is 11.5 Å². The van der Waals surface area contributed by atoms with Gasteiger partial charge in [-0.05, 0) is 50.5 Å². The lowest BCUT2D eigenvalue weighted by Crippen LogP contribution is -2.32. The Morgan fingerprint density at radius 2 is 1.85 bits per heavy atom. The second-order valence-corrected chi connectivity index (χ2v) is 6.77. The number of fused-ring (bicyclic) bond motifs is 1. The lowest BCUT2D eigenvalue weighted by atomic mass is 10.1. The maximum atomic E-state index is 12.0. The predicted molar refractivity (Wildman–Crippen MR) is 108 cm³/mol. The van der Waals surface area contributed by atoms with Gasteiger partial charge in [0, 0.05) is 6.54 Å². The highest BCUT2D eigenvalue weighted by Gasteiger charge is 2.12. The third-order valence-corrected chi connectivity index (χ3v) is 5.00. The van der Waals surface area contributed by atoms with Gasteiger partial charge in [-0.1, -0.05) is 42.5 Å². The van der Waals surface area contributed by atoms with Crippen LogP contribution in [0.4, 0.5) is 0 Å². The Hall–Kier alpha value is -2.57. The topological polar surface area (TPSA) is 67.8 Å². The molecular weight excluding hydrogens is 410 g/mol. The molecule has 1 unspecified atom stereocenters. The van der Waals surface area contributed by atoms with Crippen LogP contribution in [0.1, 0.15) is 11.7 Å². The van der Waals surface area contributed by atoms with Gasteiger partial charge in [0.25, 0.3) is 5.91 Å². The SMILES string of the molecule is COc1ccc(C(O)CNC(=O)COc2ccc3ccccc3c2Br)cc1. The summed E-state index contributed by atoms with van der Waals surface area (Å²) < 4.78 is 11.5. The van der Waals surface area contributed by atoms with E-state index in [1.807, 2.05) is 36.4 Å². The Bertz CT molecular complexity index is 927. The molecule has 1 atom stereocenters. The van der Waals surface area contributed by atoms with E-state index >= 15 is 0 Å². The number of halogens is 1. The molecule has 0 saturated heterocycles. The Kier molecular flexibility index (Phi) is 6.32. The fraction of sp³-hybridized carbons (Fsp3) is 0.190. The summed E-state index contributed by atoms with van der Waals surface area (Å²) in [5, 5.41) is 15.0. The fourth-order valence-corrected chi connectivity index (χ4v) is 3.28. The van der Waals surface area contributed by atoms with E-state index in [-0.39, 0.29) is 19.1 Å². The van der Waals surface area contributed by atoms with Gasteiger partial charge < -0.3 is 19.9 Å². The Morgan fingerprint density at radius 1 is 1.11 bits per heavy atom. The number of methoxy groups -OCH3 is 1. The molecule has 3 rings (SSSR count). The molecule has 3 aromatic carbocycles. The molecule has 0 bridgehead atoms. The molecule has 6 heteroatoms. The van der Waals surface area contributed by atoms with Crippen LogP contribution in [0.3, 0.4) is 0 Å².